The molecule has 0 aromatic rings. The number of nitrogens with two attached hydrogens (primary N) is 1. The van der Waals surface area contributed by atoms with Crippen molar-refractivity contribution < 1.29 is 123 Å². The van der Waals surface area contributed by atoms with Gasteiger partial charge in [0.25, 0.3) is 0 Å². The first kappa shape index (κ1) is 56.6. The van der Waals surface area contributed by atoms with Gasteiger partial charge in [0.15, 0.2) is 25.2 Å². The molecule has 18 N–H and O–H groups in total. The fraction of sp³-hybridized carbons (Fsp3) is 0.895. The Kier molecular flexibility index (Phi) is 22.7. The number of rotatable bonds is 24. The number of unbranched alkanes of at least 4 members (excludes halogenated alkanes) is 1. The van der Waals surface area contributed by atoms with E-state index in [4.69, 9.17) is 43.6 Å². The fourth-order valence-electron chi connectivity index (χ4n) is 7.38. The molecule has 29 nitrogen and oxygen atoms in total. The second kappa shape index (κ2) is 26.9. The van der Waals surface area contributed by atoms with Crippen LogP contribution in [0.4, 0.5) is 0 Å². The third-order valence-corrected chi connectivity index (χ3v) is 11.4. The van der Waals surface area contributed by atoms with Gasteiger partial charge >= 0.3 is 0 Å². The first-order chi connectivity index (χ1) is 31.7. The van der Waals surface area contributed by atoms with Crippen LogP contribution < -0.4 is 21.7 Å². The van der Waals surface area contributed by atoms with Gasteiger partial charge in [0.2, 0.25) is 23.6 Å². The van der Waals surface area contributed by atoms with E-state index in [2.05, 4.69) is 16.0 Å². The van der Waals surface area contributed by atoms with Crippen LogP contribution in [0.1, 0.15) is 39.0 Å². The summed E-state index contributed by atoms with van der Waals surface area (Å²) < 4.78 is 44.0. The second-order valence-electron chi connectivity index (χ2n) is 16.4. The average Bonchev–Trinajstić information content (AvgIpc) is 3.29. The van der Waals surface area contributed by atoms with Gasteiger partial charge in [-0.15, -0.1) is 0 Å². The number of amides is 4. The molecule has 0 radical (unpaired) electrons. The Labute approximate surface area is 382 Å². The Morgan fingerprint density at radius 3 is 1.63 bits per heavy atom. The van der Waals surface area contributed by atoms with Gasteiger partial charge in [-0.25, -0.2) is 0 Å². The van der Waals surface area contributed by atoms with Gasteiger partial charge in [0.1, 0.15) is 97.6 Å². The highest BCUT2D eigenvalue weighted by Crippen LogP contribution is 2.31. The molecular weight excluding hydrogens is 912 g/mol. The zero-order valence-corrected chi connectivity index (χ0v) is 36.4. The standard InChI is InChI=1S/C38H66N4O25/c1-14-22(48)26(52)29(55)35(63-14)60-8-6-40-21(47)10-15(42-20(46)5-3-2-4-19(39)45)34(59)41-7-9-61-37-32(58)33(67-38-31(57)28(54)24(50)17(12-44)65-38)25(51)18(66-37)13-62-36-30(56)27(53)23(49)16(11-43)64-36/h14-18,22-33,35-38,43-44,48-58H,2-13H2,1H3,(H2,39,45)(H,40,47)(H,41,59)(H,42,46)/t14-,15?,16+,17+,18+,22+,23+,24+,25+,26+,27-,28-,29-,30-,31-,32-,33-,35+,36-,37-,38+/m0/s1. The molecule has 388 valence electrons. The molecule has 4 amide bonds. The zero-order valence-electron chi connectivity index (χ0n) is 36.4. The van der Waals surface area contributed by atoms with Gasteiger partial charge in [0.05, 0.1) is 45.6 Å². The minimum atomic E-state index is -1.99. The van der Waals surface area contributed by atoms with Crippen molar-refractivity contribution in [2.45, 2.75) is 168 Å². The lowest BCUT2D eigenvalue weighted by Gasteiger charge is -2.46. The number of primary amides is 1. The predicted octanol–water partition coefficient (Wildman–Crippen LogP) is -10.6. The molecule has 21 atom stereocenters. The van der Waals surface area contributed by atoms with Gasteiger partial charge in [-0.1, -0.05) is 0 Å². The summed E-state index contributed by atoms with van der Waals surface area (Å²) in [5, 5.41) is 141. The number of carbonyl (C=O) groups is 4. The van der Waals surface area contributed by atoms with Gasteiger partial charge < -0.3 is 126 Å². The van der Waals surface area contributed by atoms with Crippen molar-refractivity contribution in [3.05, 3.63) is 0 Å². The van der Waals surface area contributed by atoms with Crippen LogP contribution in [0.2, 0.25) is 0 Å². The number of carbonyl (C=O) groups excluding carboxylic acids is 4. The first-order valence-electron chi connectivity index (χ1n) is 21.6. The molecule has 4 aliphatic rings. The smallest absolute Gasteiger partial charge is 0.243 e. The summed E-state index contributed by atoms with van der Waals surface area (Å²) in [7, 11) is 0. The van der Waals surface area contributed by atoms with Crippen LogP contribution >= 0.6 is 0 Å². The van der Waals surface area contributed by atoms with Crippen molar-refractivity contribution in [3.8, 4) is 0 Å². The highest BCUT2D eigenvalue weighted by atomic mass is 16.8. The van der Waals surface area contributed by atoms with Crippen LogP contribution in [0.15, 0.2) is 0 Å². The molecule has 0 aliphatic carbocycles. The van der Waals surface area contributed by atoms with Gasteiger partial charge in [-0.05, 0) is 19.8 Å². The van der Waals surface area contributed by atoms with Crippen LogP contribution in [0.5, 0.6) is 0 Å². The largest absolute Gasteiger partial charge is 0.394 e. The number of ether oxygens (including phenoxy) is 8. The third kappa shape index (κ3) is 15.5. The van der Waals surface area contributed by atoms with E-state index >= 15 is 0 Å². The van der Waals surface area contributed by atoms with E-state index in [1.54, 1.807) is 0 Å². The molecule has 0 aromatic carbocycles. The minimum absolute atomic E-state index is 0.00800. The molecule has 0 saturated carbocycles. The monoisotopic (exact) mass is 978 g/mol. The Morgan fingerprint density at radius 1 is 0.552 bits per heavy atom. The van der Waals surface area contributed by atoms with E-state index in [0.717, 1.165) is 0 Å². The molecule has 4 heterocycles. The summed E-state index contributed by atoms with van der Waals surface area (Å²) in [5.74, 6) is -2.88. The van der Waals surface area contributed by atoms with Crippen molar-refractivity contribution in [3.63, 3.8) is 0 Å². The summed E-state index contributed by atoms with van der Waals surface area (Å²) >= 11 is 0. The quantitative estimate of drug-likeness (QED) is 0.0399. The third-order valence-electron chi connectivity index (χ3n) is 11.4. The Bertz CT molecular complexity index is 1550. The molecule has 4 rings (SSSR count). The first-order valence-corrected chi connectivity index (χ1v) is 21.6. The van der Waals surface area contributed by atoms with Crippen LogP contribution in [0.3, 0.4) is 0 Å². The zero-order chi connectivity index (χ0) is 49.7. The summed E-state index contributed by atoms with van der Waals surface area (Å²) in [6.45, 7) is -2.24. The molecular formula is C38H66N4O25. The molecule has 4 saturated heterocycles. The maximum atomic E-state index is 13.4. The number of nitrogens with one attached hydrogen (secondary N) is 3. The molecule has 4 fully saturated rings. The summed E-state index contributed by atoms with van der Waals surface area (Å²) in [5.41, 5.74) is 5.14. The van der Waals surface area contributed by atoms with E-state index in [1.807, 2.05) is 0 Å². The molecule has 67 heavy (non-hydrogen) atoms. The van der Waals surface area contributed by atoms with Crippen molar-refractivity contribution in [2.75, 3.05) is 46.1 Å². The lowest BCUT2D eigenvalue weighted by Crippen LogP contribution is -2.65. The van der Waals surface area contributed by atoms with E-state index in [1.165, 1.54) is 6.92 Å². The second-order valence-corrected chi connectivity index (χ2v) is 16.4. The van der Waals surface area contributed by atoms with E-state index in [0.29, 0.717) is 0 Å². The highest BCUT2D eigenvalue weighted by molar-refractivity contribution is 5.92. The fourth-order valence-corrected chi connectivity index (χ4v) is 7.38. The minimum Gasteiger partial charge on any atom is -0.394 e. The van der Waals surface area contributed by atoms with Crippen molar-refractivity contribution in [2.24, 2.45) is 5.73 Å². The molecule has 4 aliphatic heterocycles. The van der Waals surface area contributed by atoms with Crippen LogP contribution in [-0.4, -0.2) is 265 Å². The SMILES string of the molecule is C[C@@H]1O[C@@H](OCCNC(=O)CC(NC(=O)CCCCC(N)=O)C(=O)NCCO[C@H]2O[C@H](CO[C@H]3O[C@H](CO)[C@@H](O)[C@H](O)[C@@H]3O)[C@@H](O)[C@H](O[C@H]3O[C@H](CO)[C@@H](O)[C@H](O)[C@@H]3O)[C@@H]2O)[C@@H](O)[C@H](O)[C@@H]1O. The molecule has 0 aromatic heterocycles. The summed E-state index contributed by atoms with van der Waals surface area (Å²) in [6.07, 6.45) is -33.6. The summed E-state index contributed by atoms with van der Waals surface area (Å²) in [6, 6.07) is -1.49. The summed E-state index contributed by atoms with van der Waals surface area (Å²) in [4.78, 5) is 50.2. The highest BCUT2D eigenvalue weighted by Gasteiger charge is 2.52. The maximum absolute atomic E-state index is 13.4. The van der Waals surface area contributed by atoms with Crippen LogP contribution in [0, 0.1) is 0 Å². The molecule has 0 spiro atoms. The normalized spacial score (nSPS) is 39.6. The lowest BCUT2D eigenvalue weighted by atomic mass is 9.96. The number of hydrogen-bond donors (Lipinski definition) is 17. The topological polar surface area (TPSA) is 467 Å². The number of aliphatic hydroxyl groups excluding tert-OH is 13. The average molecular weight is 979 g/mol. The van der Waals surface area contributed by atoms with E-state index in [9.17, 15) is 85.6 Å². The number of aliphatic hydroxyl groups is 13. The van der Waals surface area contributed by atoms with Gasteiger partial charge in [-0.3, -0.25) is 19.2 Å². The van der Waals surface area contributed by atoms with Gasteiger partial charge in [-0.2, -0.15) is 0 Å². The lowest BCUT2D eigenvalue weighted by molar-refractivity contribution is -0.366. The van der Waals surface area contributed by atoms with E-state index < -0.39 is 185 Å². The number of hydrogen-bond acceptors (Lipinski definition) is 25. The van der Waals surface area contributed by atoms with Crippen LogP contribution in [0.25, 0.3) is 0 Å². The van der Waals surface area contributed by atoms with Crippen molar-refractivity contribution in [1.29, 1.82) is 0 Å². The Hall–Kier alpha value is -2.96. The predicted molar refractivity (Wildman–Crippen MR) is 214 cm³/mol. The molecule has 1 unspecified atom stereocenters. The van der Waals surface area contributed by atoms with Gasteiger partial charge in [0, 0.05) is 25.9 Å². The van der Waals surface area contributed by atoms with Crippen molar-refractivity contribution >= 4 is 23.6 Å². The molecule has 29 heteroatoms. The maximum Gasteiger partial charge on any atom is 0.243 e. The van der Waals surface area contributed by atoms with Crippen LogP contribution in [-0.2, 0) is 57.1 Å². The van der Waals surface area contributed by atoms with E-state index in [-0.39, 0.29) is 45.4 Å². The Morgan fingerprint density at radius 2 is 1.04 bits per heavy atom. The Balaban J connectivity index is 1.39. The van der Waals surface area contributed by atoms with Crippen molar-refractivity contribution in [1.82, 2.24) is 16.0 Å². The molecule has 0 bridgehead atoms.